The highest BCUT2D eigenvalue weighted by molar-refractivity contribution is 5.80. The first kappa shape index (κ1) is 23.5. The molecule has 1 amide bonds. The average molecular weight is 384 g/mol. The molecule has 0 spiro atoms. The van der Waals surface area contributed by atoms with E-state index in [4.69, 9.17) is 4.74 Å². The van der Waals surface area contributed by atoms with E-state index < -0.39 is 5.60 Å². The molecule has 0 radical (unpaired) electrons. The molecule has 0 aromatic heterocycles. The summed E-state index contributed by atoms with van der Waals surface area (Å²) in [5.74, 6) is 1.50. The van der Waals surface area contributed by atoms with Crippen molar-refractivity contribution in [2.24, 2.45) is 10.9 Å². The molecule has 1 heterocycles. The molecule has 0 bridgehead atoms. The molecular formula is C20H41N5O2. The number of hydrogen-bond acceptors (Lipinski definition) is 4. The van der Waals surface area contributed by atoms with E-state index in [-0.39, 0.29) is 12.1 Å². The van der Waals surface area contributed by atoms with Crippen LogP contribution in [0, 0.1) is 5.92 Å². The highest BCUT2D eigenvalue weighted by atomic mass is 16.6. The molecule has 158 valence electrons. The van der Waals surface area contributed by atoms with Crippen molar-refractivity contribution in [2.75, 3.05) is 40.3 Å². The summed E-state index contributed by atoms with van der Waals surface area (Å²) in [7, 11) is 3.97. The number of hydrogen-bond donors (Lipinski definition) is 3. The zero-order chi connectivity index (χ0) is 20.3. The van der Waals surface area contributed by atoms with Crippen molar-refractivity contribution in [1.29, 1.82) is 0 Å². The topological polar surface area (TPSA) is 78.0 Å². The van der Waals surface area contributed by atoms with Gasteiger partial charge in [-0.2, -0.15) is 0 Å². The van der Waals surface area contributed by atoms with Gasteiger partial charge in [-0.25, -0.2) is 4.79 Å². The fraction of sp³-hybridized carbons (Fsp3) is 0.900. The number of nitrogens with zero attached hydrogens (tertiary/aromatic N) is 2. The van der Waals surface area contributed by atoms with Crippen LogP contribution < -0.4 is 16.0 Å². The van der Waals surface area contributed by atoms with Crippen LogP contribution in [0.3, 0.4) is 0 Å². The molecular weight excluding hydrogens is 342 g/mol. The summed E-state index contributed by atoms with van der Waals surface area (Å²) in [5, 5.41) is 9.80. The summed E-state index contributed by atoms with van der Waals surface area (Å²) >= 11 is 0. The number of rotatable bonds is 8. The fourth-order valence-corrected chi connectivity index (χ4v) is 3.09. The number of aliphatic imine (C=N–C) groups is 1. The second-order valence-electron chi connectivity index (χ2n) is 8.57. The molecule has 0 aromatic rings. The smallest absolute Gasteiger partial charge is 0.407 e. The Morgan fingerprint density at radius 3 is 2.48 bits per heavy atom. The predicted molar refractivity (Wildman–Crippen MR) is 112 cm³/mol. The third-order valence-corrected chi connectivity index (χ3v) is 4.76. The van der Waals surface area contributed by atoms with Gasteiger partial charge in [0.2, 0.25) is 0 Å². The Kier molecular flexibility index (Phi) is 10.5. The van der Waals surface area contributed by atoms with Crippen molar-refractivity contribution < 1.29 is 9.53 Å². The second-order valence-corrected chi connectivity index (χ2v) is 8.57. The van der Waals surface area contributed by atoms with Crippen molar-refractivity contribution in [1.82, 2.24) is 20.9 Å². The lowest BCUT2D eigenvalue weighted by atomic mass is 9.97. The first-order valence-electron chi connectivity index (χ1n) is 10.4. The van der Waals surface area contributed by atoms with E-state index in [9.17, 15) is 4.79 Å². The van der Waals surface area contributed by atoms with Crippen LogP contribution in [0.5, 0.6) is 0 Å². The third kappa shape index (κ3) is 11.1. The second kappa shape index (κ2) is 12.1. The van der Waals surface area contributed by atoms with Gasteiger partial charge < -0.3 is 25.6 Å². The van der Waals surface area contributed by atoms with E-state index in [2.05, 4.69) is 39.8 Å². The first-order valence-corrected chi connectivity index (χ1v) is 10.4. The van der Waals surface area contributed by atoms with Gasteiger partial charge in [0.15, 0.2) is 5.96 Å². The Morgan fingerprint density at radius 2 is 1.93 bits per heavy atom. The van der Waals surface area contributed by atoms with E-state index in [1.54, 1.807) is 7.05 Å². The number of nitrogens with one attached hydrogen (secondary N) is 3. The normalized spacial score (nSPS) is 18.1. The molecule has 1 atom stereocenters. The molecule has 0 aliphatic carbocycles. The zero-order valence-electron chi connectivity index (χ0n) is 18.2. The third-order valence-electron chi connectivity index (χ3n) is 4.76. The minimum Gasteiger partial charge on any atom is -0.444 e. The summed E-state index contributed by atoms with van der Waals surface area (Å²) in [4.78, 5) is 18.7. The average Bonchev–Trinajstić information content (AvgIpc) is 2.60. The van der Waals surface area contributed by atoms with Gasteiger partial charge in [0.1, 0.15) is 5.60 Å². The molecule has 7 nitrogen and oxygen atoms in total. The highest BCUT2D eigenvalue weighted by Gasteiger charge is 2.19. The summed E-state index contributed by atoms with van der Waals surface area (Å²) in [6.45, 7) is 11.6. The number of guanidine groups is 1. The van der Waals surface area contributed by atoms with Gasteiger partial charge in [0.25, 0.3) is 0 Å². The Balaban J connectivity index is 2.45. The zero-order valence-corrected chi connectivity index (χ0v) is 18.2. The van der Waals surface area contributed by atoms with Crippen LogP contribution in [0.25, 0.3) is 0 Å². The maximum absolute atomic E-state index is 11.9. The minimum atomic E-state index is -0.484. The fourth-order valence-electron chi connectivity index (χ4n) is 3.09. The van der Waals surface area contributed by atoms with Gasteiger partial charge in [0.05, 0.1) is 0 Å². The van der Waals surface area contributed by atoms with Gasteiger partial charge in [-0.3, -0.25) is 4.99 Å². The first-order chi connectivity index (χ1) is 12.7. The molecule has 1 aliphatic heterocycles. The number of likely N-dealkylation sites (tertiary alicyclic amines) is 1. The van der Waals surface area contributed by atoms with E-state index >= 15 is 0 Å². The summed E-state index contributed by atoms with van der Waals surface area (Å²) in [6, 6.07) is 0.126. The lowest BCUT2D eigenvalue weighted by molar-refractivity contribution is 0.0523. The maximum atomic E-state index is 11.9. The van der Waals surface area contributed by atoms with E-state index in [0.29, 0.717) is 12.5 Å². The Hall–Kier alpha value is -1.50. The van der Waals surface area contributed by atoms with Gasteiger partial charge in [0, 0.05) is 26.2 Å². The van der Waals surface area contributed by atoms with Crippen molar-refractivity contribution in [3.8, 4) is 0 Å². The van der Waals surface area contributed by atoms with Gasteiger partial charge in [-0.1, -0.05) is 19.8 Å². The summed E-state index contributed by atoms with van der Waals surface area (Å²) in [5.41, 5.74) is -0.484. The van der Waals surface area contributed by atoms with Crippen molar-refractivity contribution in [2.45, 2.75) is 71.4 Å². The van der Waals surface area contributed by atoms with E-state index in [1.165, 1.54) is 12.8 Å². The summed E-state index contributed by atoms with van der Waals surface area (Å²) in [6.07, 6.45) is 5.26. The molecule has 3 N–H and O–H groups in total. The van der Waals surface area contributed by atoms with Crippen LogP contribution in [0.2, 0.25) is 0 Å². The summed E-state index contributed by atoms with van der Waals surface area (Å²) < 4.78 is 5.33. The number of carbonyl (C=O) groups is 1. The highest BCUT2D eigenvalue weighted by Crippen LogP contribution is 2.14. The van der Waals surface area contributed by atoms with Gasteiger partial charge >= 0.3 is 6.09 Å². The van der Waals surface area contributed by atoms with Crippen LogP contribution in [0.1, 0.15) is 59.8 Å². The molecule has 1 unspecified atom stereocenters. The Labute approximate surface area is 165 Å². The predicted octanol–water partition coefficient (Wildman–Crippen LogP) is 2.58. The molecule has 0 aromatic carbocycles. The number of unbranched alkanes of at least 4 members (excludes halogenated alkanes) is 1. The lowest BCUT2D eigenvalue weighted by Gasteiger charge is -2.30. The number of carbonyl (C=O) groups excluding carboxylic acids is 1. The van der Waals surface area contributed by atoms with Crippen molar-refractivity contribution >= 4 is 12.1 Å². The number of amides is 1. The minimum absolute atomic E-state index is 0.126. The SMILES string of the molecule is CCCCC(CNC(=O)OC(C)(C)C)NC(=NC)NCC1CCN(C)CC1. The monoisotopic (exact) mass is 383 g/mol. The standard InChI is InChI=1S/C20H41N5O2/c1-7-8-9-17(15-23-19(26)27-20(2,3)4)24-18(21-5)22-14-16-10-12-25(6)13-11-16/h16-17H,7-15H2,1-6H3,(H,23,26)(H2,21,22,24). The molecule has 1 aliphatic rings. The van der Waals surface area contributed by atoms with Crippen LogP contribution >= 0.6 is 0 Å². The molecule has 0 saturated carbocycles. The van der Waals surface area contributed by atoms with Crippen molar-refractivity contribution in [3.63, 3.8) is 0 Å². The molecule has 1 fully saturated rings. The lowest BCUT2D eigenvalue weighted by Crippen LogP contribution is -2.50. The van der Waals surface area contributed by atoms with Gasteiger partial charge in [-0.15, -0.1) is 0 Å². The van der Waals surface area contributed by atoms with Crippen LogP contribution in [-0.4, -0.2) is 68.9 Å². The van der Waals surface area contributed by atoms with Gasteiger partial charge in [-0.05, 0) is 66.1 Å². The molecule has 7 heteroatoms. The van der Waals surface area contributed by atoms with Crippen molar-refractivity contribution in [3.05, 3.63) is 0 Å². The van der Waals surface area contributed by atoms with E-state index in [1.807, 2.05) is 20.8 Å². The molecule has 1 rings (SSSR count). The number of piperidine rings is 1. The Bertz CT molecular complexity index is 454. The Morgan fingerprint density at radius 1 is 1.26 bits per heavy atom. The molecule has 1 saturated heterocycles. The number of ether oxygens (including phenoxy) is 1. The molecule has 27 heavy (non-hydrogen) atoms. The van der Waals surface area contributed by atoms with Crippen LogP contribution in [0.4, 0.5) is 4.79 Å². The van der Waals surface area contributed by atoms with E-state index in [0.717, 1.165) is 44.9 Å². The van der Waals surface area contributed by atoms with Crippen LogP contribution in [-0.2, 0) is 4.74 Å². The quantitative estimate of drug-likeness (QED) is 0.444. The largest absolute Gasteiger partial charge is 0.444 e. The van der Waals surface area contributed by atoms with Crippen LogP contribution in [0.15, 0.2) is 4.99 Å². The maximum Gasteiger partial charge on any atom is 0.407 e. The number of alkyl carbamates (subject to hydrolysis) is 1.